The molecule has 1 aromatic heterocycles. The number of carbonyl (C=O) groups excluding carboxylic acids is 1. The van der Waals surface area contributed by atoms with E-state index < -0.39 is 6.04 Å². The monoisotopic (exact) mass is 384 g/mol. The maximum Gasteiger partial charge on any atom is 0.315 e. The predicted molar refractivity (Wildman–Crippen MR) is 104 cm³/mol. The first kappa shape index (κ1) is 18.9. The van der Waals surface area contributed by atoms with Crippen LogP contribution >= 0.6 is 11.6 Å². The molecule has 3 rings (SSSR count). The molecule has 2 amide bonds. The van der Waals surface area contributed by atoms with Crippen LogP contribution in [0.3, 0.4) is 0 Å². The molecule has 2 atom stereocenters. The molecule has 3 aromatic rings. The molecule has 2 aromatic carbocycles. The molecule has 0 aliphatic heterocycles. The van der Waals surface area contributed by atoms with Crippen LogP contribution in [-0.4, -0.2) is 22.3 Å². The Morgan fingerprint density at radius 3 is 2.44 bits per heavy atom. The van der Waals surface area contributed by atoms with E-state index >= 15 is 0 Å². The second-order valence-corrected chi connectivity index (χ2v) is 6.66. The number of amides is 2. The van der Waals surface area contributed by atoms with Crippen LogP contribution in [0, 0.1) is 0 Å². The van der Waals surface area contributed by atoms with E-state index in [4.69, 9.17) is 16.0 Å². The van der Waals surface area contributed by atoms with E-state index in [9.17, 15) is 4.79 Å². The number of hydrogen-bond acceptors (Lipinski definition) is 4. The van der Waals surface area contributed by atoms with Crippen molar-refractivity contribution in [1.82, 2.24) is 20.8 Å². The van der Waals surface area contributed by atoms with Gasteiger partial charge < -0.3 is 15.1 Å². The summed E-state index contributed by atoms with van der Waals surface area (Å²) in [5, 5.41) is 14.7. The fourth-order valence-electron chi connectivity index (χ4n) is 2.49. The van der Waals surface area contributed by atoms with E-state index in [1.807, 2.05) is 44.2 Å². The number of nitrogens with one attached hydrogen (secondary N) is 2. The van der Waals surface area contributed by atoms with Crippen LogP contribution in [0.1, 0.15) is 37.8 Å². The average molecular weight is 385 g/mol. The first-order valence-corrected chi connectivity index (χ1v) is 9.16. The third-order valence-corrected chi connectivity index (χ3v) is 4.43. The molecule has 0 bridgehead atoms. The molecule has 0 unspecified atom stereocenters. The second kappa shape index (κ2) is 8.68. The maximum absolute atomic E-state index is 12.4. The summed E-state index contributed by atoms with van der Waals surface area (Å²) in [7, 11) is 0. The Bertz CT molecular complexity index is 881. The van der Waals surface area contributed by atoms with E-state index in [0.717, 1.165) is 17.5 Å². The third-order valence-electron chi connectivity index (χ3n) is 4.18. The summed E-state index contributed by atoms with van der Waals surface area (Å²) in [6, 6.07) is 15.9. The van der Waals surface area contributed by atoms with Crippen molar-refractivity contribution < 1.29 is 9.21 Å². The second-order valence-electron chi connectivity index (χ2n) is 6.22. The molecule has 6 nitrogen and oxygen atoms in total. The predicted octanol–water partition coefficient (Wildman–Crippen LogP) is 4.58. The van der Waals surface area contributed by atoms with Gasteiger partial charge in [0, 0.05) is 16.6 Å². The van der Waals surface area contributed by atoms with Gasteiger partial charge >= 0.3 is 6.03 Å². The summed E-state index contributed by atoms with van der Waals surface area (Å²) >= 11 is 5.92. The molecular weight excluding hydrogens is 364 g/mol. The van der Waals surface area contributed by atoms with Gasteiger partial charge in [-0.05, 0) is 43.2 Å². The smallest absolute Gasteiger partial charge is 0.315 e. The van der Waals surface area contributed by atoms with E-state index in [2.05, 4.69) is 20.8 Å². The number of hydrogen-bond donors (Lipinski definition) is 2. The highest BCUT2D eigenvalue weighted by Crippen LogP contribution is 2.25. The lowest BCUT2D eigenvalue weighted by Gasteiger charge is -2.18. The minimum Gasteiger partial charge on any atom is -0.418 e. The maximum atomic E-state index is 12.4. The van der Waals surface area contributed by atoms with Crippen LogP contribution in [0.5, 0.6) is 0 Å². The van der Waals surface area contributed by atoms with Crippen LogP contribution in [0.25, 0.3) is 11.5 Å². The van der Waals surface area contributed by atoms with Crippen molar-refractivity contribution in [3.05, 3.63) is 71.1 Å². The fourth-order valence-corrected chi connectivity index (χ4v) is 2.62. The quantitative estimate of drug-likeness (QED) is 0.652. The number of rotatable bonds is 6. The lowest BCUT2D eigenvalue weighted by atomic mass is 10.1. The van der Waals surface area contributed by atoms with E-state index in [1.165, 1.54) is 0 Å². The fraction of sp³-hybridized carbons (Fsp3) is 0.250. The van der Waals surface area contributed by atoms with Gasteiger partial charge in [-0.1, -0.05) is 48.9 Å². The molecule has 1 heterocycles. The highest BCUT2D eigenvalue weighted by molar-refractivity contribution is 6.30. The van der Waals surface area contributed by atoms with Crippen LogP contribution in [0.15, 0.2) is 59.0 Å². The van der Waals surface area contributed by atoms with Crippen molar-refractivity contribution in [2.45, 2.75) is 32.4 Å². The Hall–Kier alpha value is -2.86. The van der Waals surface area contributed by atoms with Crippen molar-refractivity contribution in [1.29, 1.82) is 0 Å². The zero-order valence-corrected chi connectivity index (χ0v) is 15.9. The van der Waals surface area contributed by atoms with E-state index in [0.29, 0.717) is 16.8 Å². The SMILES string of the molecule is CC[C@H](C)NC(=O)N[C@H](c1ccccc1)c1nnc(-c2ccc(Cl)cc2)o1. The van der Waals surface area contributed by atoms with Crippen molar-refractivity contribution in [3.8, 4) is 11.5 Å². The van der Waals surface area contributed by atoms with E-state index in [1.54, 1.807) is 24.3 Å². The average Bonchev–Trinajstić information content (AvgIpc) is 3.17. The minimum atomic E-state index is -0.552. The van der Waals surface area contributed by atoms with Gasteiger partial charge in [0.2, 0.25) is 11.8 Å². The molecule has 7 heteroatoms. The Labute approximate surface area is 163 Å². The van der Waals surface area contributed by atoms with Gasteiger partial charge in [-0.3, -0.25) is 0 Å². The number of carbonyl (C=O) groups is 1. The van der Waals surface area contributed by atoms with Crippen molar-refractivity contribution in [3.63, 3.8) is 0 Å². The van der Waals surface area contributed by atoms with Crippen LogP contribution in [0.2, 0.25) is 5.02 Å². The van der Waals surface area contributed by atoms with Crippen molar-refractivity contribution >= 4 is 17.6 Å². The van der Waals surface area contributed by atoms with Crippen LogP contribution < -0.4 is 10.6 Å². The third kappa shape index (κ3) is 4.86. The first-order chi connectivity index (χ1) is 13.1. The lowest BCUT2D eigenvalue weighted by Crippen LogP contribution is -2.42. The van der Waals surface area contributed by atoms with Gasteiger partial charge in [0.05, 0.1) is 0 Å². The number of aromatic nitrogens is 2. The number of urea groups is 1. The van der Waals surface area contributed by atoms with Gasteiger partial charge in [0.1, 0.15) is 6.04 Å². The van der Waals surface area contributed by atoms with Crippen LogP contribution in [0.4, 0.5) is 4.79 Å². The van der Waals surface area contributed by atoms with Gasteiger partial charge in [0.15, 0.2) is 0 Å². The van der Waals surface area contributed by atoms with Crippen LogP contribution in [-0.2, 0) is 0 Å². The molecule has 27 heavy (non-hydrogen) atoms. The van der Waals surface area contributed by atoms with E-state index in [-0.39, 0.29) is 12.1 Å². The minimum absolute atomic E-state index is 0.0636. The molecule has 2 N–H and O–H groups in total. The number of halogens is 1. The normalized spacial score (nSPS) is 13.0. The molecule has 0 fully saturated rings. The number of nitrogens with zero attached hydrogens (tertiary/aromatic N) is 2. The van der Waals surface area contributed by atoms with Crippen molar-refractivity contribution in [2.24, 2.45) is 0 Å². The molecule has 140 valence electrons. The molecule has 0 saturated carbocycles. The largest absolute Gasteiger partial charge is 0.418 e. The summed E-state index contributed by atoms with van der Waals surface area (Å²) in [6.45, 7) is 3.96. The summed E-state index contributed by atoms with van der Waals surface area (Å²) in [6.07, 6.45) is 0.838. The Kier molecular flexibility index (Phi) is 6.08. The van der Waals surface area contributed by atoms with Gasteiger partial charge in [-0.25, -0.2) is 4.79 Å². The number of benzene rings is 2. The lowest BCUT2D eigenvalue weighted by molar-refractivity contribution is 0.233. The summed E-state index contributed by atoms with van der Waals surface area (Å²) in [4.78, 5) is 12.4. The Morgan fingerprint density at radius 2 is 1.78 bits per heavy atom. The summed E-state index contributed by atoms with van der Waals surface area (Å²) in [5.41, 5.74) is 1.61. The Morgan fingerprint density at radius 1 is 1.07 bits per heavy atom. The highest BCUT2D eigenvalue weighted by atomic mass is 35.5. The zero-order valence-electron chi connectivity index (χ0n) is 15.1. The molecular formula is C20H21ClN4O2. The first-order valence-electron chi connectivity index (χ1n) is 8.78. The van der Waals surface area contributed by atoms with Gasteiger partial charge in [-0.2, -0.15) is 0 Å². The molecule has 0 aliphatic rings. The van der Waals surface area contributed by atoms with Gasteiger partial charge in [0.25, 0.3) is 0 Å². The Balaban J connectivity index is 1.87. The topological polar surface area (TPSA) is 80.0 Å². The zero-order chi connectivity index (χ0) is 19.2. The molecule has 0 radical (unpaired) electrons. The molecule has 0 saturated heterocycles. The van der Waals surface area contributed by atoms with Gasteiger partial charge in [-0.15, -0.1) is 10.2 Å². The van der Waals surface area contributed by atoms with Crippen molar-refractivity contribution in [2.75, 3.05) is 0 Å². The standard InChI is InChI=1S/C20H21ClN4O2/c1-3-13(2)22-20(26)23-17(14-7-5-4-6-8-14)19-25-24-18(27-19)15-9-11-16(21)12-10-15/h4-13,17H,3H2,1-2H3,(H2,22,23,26)/t13-,17+/m0/s1. The summed E-state index contributed by atoms with van der Waals surface area (Å²) < 4.78 is 5.85. The molecule has 0 aliphatic carbocycles. The summed E-state index contributed by atoms with van der Waals surface area (Å²) in [5.74, 6) is 0.678. The highest BCUT2D eigenvalue weighted by Gasteiger charge is 2.23. The molecule has 0 spiro atoms.